The van der Waals surface area contributed by atoms with E-state index in [1.165, 1.54) is 0 Å². The van der Waals surface area contributed by atoms with Crippen molar-refractivity contribution in [2.24, 2.45) is 0 Å². The molecule has 0 saturated heterocycles. The number of hydrogen-bond donors (Lipinski definition) is 1. The van der Waals surface area contributed by atoms with E-state index in [2.05, 4.69) is 5.48 Å². The molecule has 0 aliphatic carbocycles. The molecule has 26 heavy (non-hydrogen) atoms. The molecule has 0 aliphatic rings. The Morgan fingerprint density at radius 1 is 0.962 bits per heavy atom. The first-order chi connectivity index (χ1) is 12.3. The van der Waals surface area contributed by atoms with Crippen molar-refractivity contribution < 1.29 is 9.63 Å². The predicted molar refractivity (Wildman–Crippen MR) is 98.6 cm³/mol. The molecule has 1 aromatic heterocycles. The van der Waals surface area contributed by atoms with Crippen molar-refractivity contribution in [2.45, 2.75) is 26.4 Å². The highest BCUT2D eigenvalue weighted by molar-refractivity contribution is 5.89. The lowest BCUT2D eigenvalue weighted by molar-refractivity contribution is -0.0526. The van der Waals surface area contributed by atoms with E-state index in [4.69, 9.17) is 4.84 Å². The van der Waals surface area contributed by atoms with E-state index in [0.717, 1.165) is 9.13 Å². The van der Waals surface area contributed by atoms with Gasteiger partial charge in [0, 0.05) is 0 Å². The predicted octanol–water partition coefficient (Wildman–Crippen LogP) is 2.44. The maximum atomic E-state index is 13.0. The van der Waals surface area contributed by atoms with Gasteiger partial charge in [0.2, 0.25) is 0 Å². The van der Waals surface area contributed by atoms with Crippen molar-refractivity contribution in [1.82, 2.24) is 14.6 Å². The molecule has 3 rings (SSSR count). The molecule has 0 unspecified atom stereocenters. The average Bonchev–Trinajstić information content (AvgIpc) is 2.60. The Morgan fingerprint density at radius 3 is 2.23 bits per heavy atom. The molecule has 0 aliphatic heterocycles. The summed E-state index contributed by atoms with van der Waals surface area (Å²) in [5, 5.41) is 0.252. The lowest BCUT2D eigenvalue weighted by Crippen LogP contribution is -2.46. The topological polar surface area (TPSA) is 82.3 Å². The fourth-order valence-electron chi connectivity index (χ4n) is 2.50. The molecular weight excluding hydrogens is 334 g/mol. The molecular formula is C19H19N3O4. The van der Waals surface area contributed by atoms with E-state index < -0.39 is 22.9 Å². The first kappa shape index (κ1) is 17.6. The van der Waals surface area contributed by atoms with Crippen molar-refractivity contribution in [2.75, 3.05) is 0 Å². The van der Waals surface area contributed by atoms with Gasteiger partial charge >= 0.3 is 11.7 Å². The van der Waals surface area contributed by atoms with Crippen molar-refractivity contribution in [1.29, 1.82) is 0 Å². The van der Waals surface area contributed by atoms with Gasteiger partial charge in [-0.15, -0.1) is 0 Å². The Balaban J connectivity index is 2.27. The zero-order valence-corrected chi connectivity index (χ0v) is 14.7. The van der Waals surface area contributed by atoms with Gasteiger partial charge < -0.3 is 0 Å². The average molecular weight is 353 g/mol. The number of hydroxylamine groups is 1. The number of rotatable bonds is 2. The lowest BCUT2D eigenvalue weighted by Gasteiger charge is -2.20. The lowest BCUT2D eigenvalue weighted by atomic mass is 10.2. The van der Waals surface area contributed by atoms with Crippen LogP contribution in [0.2, 0.25) is 0 Å². The summed E-state index contributed by atoms with van der Waals surface area (Å²) < 4.78 is 1.87. The maximum absolute atomic E-state index is 13.0. The van der Waals surface area contributed by atoms with E-state index in [9.17, 15) is 14.4 Å². The summed E-state index contributed by atoms with van der Waals surface area (Å²) in [6, 6.07) is 14.1. The number of carbonyl (C=O) groups excluding carboxylic acids is 1. The van der Waals surface area contributed by atoms with Gasteiger partial charge in [0.05, 0.1) is 22.2 Å². The van der Waals surface area contributed by atoms with E-state index in [1.807, 2.05) is 0 Å². The molecule has 0 saturated carbocycles. The molecule has 2 aromatic carbocycles. The fourth-order valence-corrected chi connectivity index (χ4v) is 2.50. The standard InChI is InChI=1S/C19H19N3O4/c1-19(2,3)26-20-17(24)22-15-12-8-7-11-14(15)16(23)21(18(22)25)13-9-5-4-6-10-13/h4-12H,1-3H3,(H,20,24). The van der Waals surface area contributed by atoms with Crippen molar-refractivity contribution in [3.63, 3.8) is 0 Å². The number of nitrogens with one attached hydrogen (secondary N) is 1. The molecule has 1 heterocycles. The van der Waals surface area contributed by atoms with Crippen LogP contribution < -0.4 is 16.7 Å². The molecule has 134 valence electrons. The third kappa shape index (κ3) is 3.29. The van der Waals surface area contributed by atoms with Gasteiger partial charge in [0.15, 0.2) is 0 Å². The van der Waals surface area contributed by atoms with Gasteiger partial charge in [-0.1, -0.05) is 30.3 Å². The van der Waals surface area contributed by atoms with Gasteiger partial charge in [-0.25, -0.2) is 24.2 Å². The van der Waals surface area contributed by atoms with Crippen LogP contribution in [0.25, 0.3) is 16.6 Å². The van der Waals surface area contributed by atoms with Gasteiger partial charge in [-0.05, 0) is 45.0 Å². The third-order valence-electron chi connectivity index (χ3n) is 3.62. The maximum Gasteiger partial charge on any atom is 0.354 e. The van der Waals surface area contributed by atoms with E-state index in [1.54, 1.807) is 75.4 Å². The minimum absolute atomic E-state index is 0.213. The van der Waals surface area contributed by atoms with E-state index >= 15 is 0 Å². The highest BCUT2D eigenvalue weighted by Gasteiger charge is 2.20. The summed E-state index contributed by atoms with van der Waals surface area (Å²) in [5.74, 6) is 0. The van der Waals surface area contributed by atoms with Gasteiger partial charge in [0.25, 0.3) is 5.56 Å². The molecule has 1 N–H and O–H groups in total. The van der Waals surface area contributed by atoms with Crippen molar-refractivity contribution >= 4 is 16.9 Å². The van der Waals surface area contributed by atoms with Crippen LogP contribution >= 0.6 is 0 Å². The van der Waals surface area contributed by atoms with Crippen LogP contribution in [-0.2, 0) is 4.84 Å². The summed E-state index contributed by atoms with van der Waals surface area (Å²) in [6.07, 6.45) is 0. The smallest absolute Gasteiger partial charge is 0.268 e. The van der Waals surface area contributed by atoms with Crippen molar-refractivity contribution in [3.8, 4) is 5.69 Å². The fraction of sp³-hybridized carbons (Fsp3) is 0.211. The number of para-hydroxylation sites is 2. The van der Waals surface area contributed by atoms with E-state index in [0.29, 0.717) is 5.69 Å². The minimum atomic E-state index is -0.772. The second kappa shape index (κ2) is 6.61. The molecule has 0 radical (unpaired) electrons. The van der Waals surface area contributed by atoms with Crippen LogP contribution in [0.15, 0.2) is 64.2 Å². The third-order valence-corrected chi connectivity index (χ3v) is 3.62. The summed E-state index contributed by atoms with van der Waals surface area (Å²) in [6.45, 7) is 5.29. The number of carbonyl (C=O) groups is 1. The highest BCUT2D eigenvalue weighted by Crippen LogP contribution is 2.10. The Kier molecular flexibility index (Phi) is 4.48. The molecule has 7 nitrogen and oxygen atoms in total. The van der Waals surface area contributed by atoms with Gasteiger partial charge in [-0.2, -0.15) is 0 Å². The molecule has 0 atom stereocenters. The zero-order chi connectivity index (χ0) is 18.9. The first-order valence-electron chi connectivity index (χ1n) is 8.10. The Morgan fingerprint density at radius 2 is 1.58 bits per heavy atom. The Labute approximate surface area is 149 Å². The van der Waals surface area contributed by atoms with Gasteiger partial charge in [0.1, 0.15) is 0 Å². The van der Waals surface area contributed by atoms with Crippen LogP contribution in [-0.4, -0.2) is 20.8 Å². The number of fused-ring (bicyclic) bond motifs is 1. The van der Waals surface area contributed by atoms with Gasteiger partial charge in [-0.3, -0.25) is 9.63 Å². The molecule has 7 heteroatoms. The monoisotopic (exact) mass is 353 g/mol. The van der Waals surface area contributed by atoms with Crippen LogP contribution in [0.4, 0.5) is 4.79 Å². The van der Waals surface area contributed by atoms with Crippen LogP contribution in [0, 0.1) is 0 Å². The van der Waals surface area contributed by atoms with Crippen molar-refractivity contribution in [3.05, 3.63) is 75.4 Å². The second-order valence-electron chi connectivity index (χ2n) is 6.73. The number of amides is 1. The van der Waals surface area contributed by atoms with E-state index in [-0.39, 0.29) is 10.9 Å². The normalized spacial score (nSPS) is 11.5. The summed E-state index contributed by atoms with van der Waals surface area (Å²) >= 11 is 0. The Hall–Kier alpha value is -3.19. The van der Waals surface area contributed by atoms with Crippen LogP contribution in [0.1, 0.15) is 20.8 Å². The molecule has 0 fully saturated rings. The molecule has 0 spiro atoms. The van der Waals surface area contributed by atoms with Crippen LogP contribution in [0.5, 0.6) is 0 Å². The largest absolute Gasteiger partial charge is 0.354 e. The SMILES string of the molecule is CC(C)(C)ONC(=O)n1c(=O)n(-c2ccccc2)c(=O)c2ccccc21. The number of aromatic nitrogens is 2. The Bertz CT molecular complexity index is 1080. The zero-order valence-electron chi connectivity index (χ0n) is 14.7. The summed E-state index contributed by atoms with van der Waals surface area (Å²) in [4.78, 5) is 43.7. The quantitative estimate of drug-likeness (QED) is 0.718. The number of hydrogen-bond acceptors (Lipinski definition) is 4. The number of benzene rings is 2. The van der Waals surface area contributed by atoms with Crippen LogP contribution in [0.3, 0.4) is 0 Å². The molecule has 3 aromatic rings. The molecule has 0 bridgehead atoms. The molecule has 1 amide bonds. The summed E-state index contributed by atoms with van der Waals surface area (Å²) in [7, 11) is 0. The second-order valence-corrected chi connectivity index (χ2v) is 6.73. The first-order valence-corrected chi connectivity index (χ1v) is 8.10. The minimum Gasteiger partial charge on any atom is -0.268 e. The summed E-state index contributed by atoms with van der Waals surface area (Å²) in [5.41, 5.74) is 0.980. The number of nitrogens with zero attached hydrogens (tertiary/aromatic N) is 2. The highest BCUT2D eigenvalue weighted by atomic mass is 16.7.